The van der Waals surface area contributed by atoms with Gasteiger partial charge in [0.2, 0.25) is 19.9 Å². The molecule has 0 spiro atoms. The molecule has 3 N–H and O–H groups in total. The van der Waals surface area contributed by atoms with E-state index in [1.54, 1.807) is 13.8 Å². The summed E-state index contributed by atoms with van der Waals surface area (Å²) in [6.45, 7) is 3.82. The van der Waals surface area contributed by atoms with E-state index < -0.39 is 19.9 Å². The Balaban J connectivity index is 2.47. The van der Waals surface area contributed by atoms with Gasteiger partial charge in [-0.2, -0.15) is 0 Å². The quantitative estimate of drug-likeness (QED) is 0.799. The molecule has 24 heavy (non-hydrogen) atoms. The highest BCUT2D eigenvalue weighted by Gasteiger charge is 2.24. The number of sulfone groups is 1. The number of aryl methyl sites for hydroxylation is 1. The van der Waals surface area contributed by atoms with Gasteiger partial charge in [0.05, 0.1) is 4.90 Å². The van der Waals surface area contributed by atoms with E-state index in [1.807, 2.05) is 0 Å². The summed E-state index contributed by atoms with van der Waals surface area (Å²) in [6, 6.07) is 6.60. The van der Waals surface area contributed by atoms with Crippen molar-refractivity contribution in [2.45, 2.75) is 27.2 Å². The molecule has 0 aliphatic rings. The molecule has 1 aromatic heterocycles. The number of sulfonamides is 1. The van der Waals surface area contributed by atoms with Gasteiger partial charge >= 0.3 is 0 Å². The number of nitrogens with two attached hydrogens (primary N) is 1. The molecule has 0 unspecified atom stereocenters. The molecule has 2 rings (SSSR count). The number of carbonyl (C=O) groups is 1. The van der Waals surface area contributed by atoms with E-state index in [4.69, 9.17) is 5.14 Å². The Kier molecular flexibility index (Phi) is 5.14. The van der Waals surface area contributed by atoms with E-state index in [1.165, 1.54) is 24.3 Å². The van der Waals surface area contributed by atoms with Gasteiger partial charge in [-0.05, 0) is 49.7 Å². The molecule has 0 atom stereocenters. The van der Waals surface area contributed by atoms with Crippen LogP contribution in [0.1, 0.15) is 22.8 Å². The summed E-state index contributed by atoms with van der Waals surface area (Å²) in [4.78, 5) is 11.8. The van der Waals surface area contributed by atoms with Crippen molar-refractivity contribution in [1.82, 2.24) is 5.32 Å². The Labute approximate surface area is 144 Å². The predicted molar refractivity (Wildman–Crippen MR) is 90.3 cm³/mol. The fourth-order valence-electron chi connectivity index (χ4n) is 2.06. The van der Waals surface area contributed by atoms with E-state index >= 15 is 0 Å². The van der Waals surface area contributed by atoms with Crippen LogP contribution in [0.25, 0.3) is 0 Å². The molecular weight excluding hydrogens is 372 g/mol. The lowest BCUT2D eigenvalue weighted by molar-refractivity contribution is 0.0955. The van der Waals surface area contributed by atoms with E-state index in [0.717, 1.165) is 6.07 Å². The standard InChI is InChI=1S/C14H16N2O5S3/c1-3-16-14(17)10-4-5-11(9(2)8-10)23(18,19)12-6-7-13(22-12)24(15,20)21/h4-8H,3H2,1-2H3,(H,16,17)(H2,15,20,21). The van der Waals surface area contributed by atoms with E-state index in [9.17, 15) is 21.6 Å². The van der Waals surface area contributed by atoms with E-state index in [2.05, 4.69) is 5.32 Å². The monoisotopic (exact) mass is 388 g/mol. The molecule has 1 amide bonds. The van der Waals surface area contributed by atoms with Crippen molar-refractivity contribution in [3.63, 3.8) is 0 Å². The summed E-state index contributed by atoms with van der Waals surface area (Å²) in [5.74, 6) is -0.294. The van der Waals surface area contributed by atoms with Crippen molar-refractivity contribution >= 4 is 37.1 Å². The second-order valence-corrected chi connectivity index (χ2v) is 9.98. The Morgan fingerprint density at radius 1 is 1.12 bits per heavy atom. The van der Waals surface area contributed by atoms with Crippen molar-refractivity contribution in [3.8, 4) is 0 Å². The average molecular weight is 388 g/mol. The molecule has 0 aliphatic heterocycles. The van der Waals surface area contributed by atoms with Crippen molar-refractivity contribution in [1.29, 1.82) is 0 Å². The maximum Gasteiger partial charge on any atom is 0.251 e. The van der Waals surface area contributed by atoms with E-state index in [0.29, 0.717) is 29.0 Å². The van der Waals surface area contributed by atoms with Crippen LogP contribution < -0.4 is 10.5 Å². The van der Waals surface area contributed by atoms with Gasteiger partial charge in [-0.15, -0.1) is 11.3 Å². The first-order chi connectivity index (χ1) is 11.1. The Bertz CT molecular complexity index is 991. The zero-order valence-corrected chi connectivity index (χ0v) is 15.4. The molecule has 0 aliphatic carbocycles. The van der Waals surface area contributed by atoms with Crippen molar-refractivity contribution in [2.24, 2.45) is 5.14 Å². The highest BCUT2D eigenvalue weighted by molar-refractivity contribution is 7.95. The van der Waals surface area contributed by atoms with Gasteiger partial charge in [-0.25, -0.2) is 22.0 Å². The minimum absolute atomic E-state index is 0.0124. The fourth-order valence-corrected chi connectivity index (χ4v) is 5.86. The summed E-state index contributed by atoms with van der Waals surface area (Å²) in [7, 11) is -7.85. The van der Waals surface area contributed by atoms with Crippen LogP contribution in [0, 0.1) is 6.92 Å². The number of hydrogen-bond donors (Lipinski definition) is 2. The van der Waals surface area contributed by atoms with Crippen LogP contribution in [0.5, 0.6) is 0 Å². The lowest BCUT2D eigenvalue weighted by atomic mass is 10.1. The van der Waals surface area contributed by atoms with Crippen LogP contribution in [0.15, 0.2) is 43.6 Å². The molecule has 10 heteroatoms. The SMILES string of the molecule is CCNC(=O)c1ccc(S(=O)(=O)c2ccc(S(N)(=O)=O)s2)c(C)c1. The van der Waals surface area contributed by atoms with Crippen LogP contribution >= 0.6 is 11.3 Å². The minimum Gasteiger partial charge on any atom is -0.352 e. The fraction of sp³-hybridized carbons (Fsp3) is 0.214. The molecule has 1 aromatic carbocycles. The molecule has 0 bridgehead atoms. The molecule has 0 fully saturated rings. The smallest absolute Gasteiger partial charge is 0.251 e. The van der Waals surface area contributed by atoms with Crippen molar-refractivity contribution in [3.05, 3.63) is 41.5 Å². The third kappa shape index (κ3) is 3.66. The number of nitrogens with one attached hydrogen (secondary N) is 1. The number of amides is 1. The highest BCUT2D eigenvalue weighted by Crippen LogP contribution is 2.31. The van der Waals surface area contributed by atoms with Crippen LogP contribution in [0.3, 0.4) is 0 Å². The molecule has 0 radical (unpaired) electrons. The maximum atomic E-state index is 12.7. The molecule has 130 valence electrons. The van der Waals surface area contributed by atoms with Gasteiger partial charge in [0, 0.05) is 12.1 Å². The first-order valence-electron chi connectivity index (χ1n) is 6.84. The summed E-state index contributed by atoms with van der Waals surface area (Å²) < 4.78 is 47.6. The minimum atomic E-state index is -3.96. The summed E-state index contributed by atoms with van der Waals surface area (Å²) in [5.41, 5.74) is 0.744. The third-order valence-electron chi connectivity index (χ3n) is 3.17. The number of benzene rings is 1. The highest BCUT2D eigenvalue weighted by atomic mass is 32.3. The largest absolute Gasteiger partial charge is 0.352 e. The van der Waals surface area contributed by atoms with Crippen LogP contribution in [0.2, 0.25) is 0 Å². The van der Waals surface area contributed by atoms with Crippen molar-refractivity contribution < 1.29 is 21.6 Å². The average Bonchev–Trinajstić information content (AvgIpc) is 2.97. The first-order valence-corrected chi connectivity index (χ1v) is 10.7. The van der Waals surface area contributed by atoms with E-state index in [-0.39, 0.29) is 19.2 Å². The summed E-state index contributed by atoms with van der Waals surface area (Å²) >= 11 is 0.589. The van der Waals surface area contributed by atoms with Gasteiger partial charge < -0.3 is 5.32 Å². The second-order valence-electron chi connectivity index (χ2n) is 4.96. The Morgan fingerprint density at radius 3 is 2.25 bits per heavy atom. The predicted octanol–water partition coefficient (Wildman–Crippen LogP) is 1.29. The number of primary sulfonamides is 1. The van der Waals surface area contributed by atoms with Crippen LogP contribution in [-0.2, 0) is 19.9 Å². The molecule has 1 heterocycles. The summed E-state index contributed by atoms with van der Waals surface area (Å²) in [5, 5.41) is 7.64. The zero-order valence-electron chi connectivity index (χ0n) is 12.9. The van der Waals surface area contributed by atoms with Gasteiger partial charge in [0.25, 0.3) is 5.91 Å². The van der Waals surface area contributed by atoms with Crippen LogP contribution in [0.4, 0.5) is 0 Å². The van der Waals surface area contributed by atoms with Crippen molar-refractivity contribution in [2.75, 3.05) is 6.54 Å². The van der Waals surface area contributed by atoms with Crippen LogP contribution in [-0.4, -0.2) is 29.3 Å². The molecular formula is C14H16N2O5S3. The molecule has 7 nitrogen and oxygen atoms in total. The number of hydrogen-bond acceptors (Lipinski definition) is 6. The second kappa shape index (κ2) is 6.63. The lowest BCUT2D eigenvalue weighted by Gasteiger charge is -2.08. The lowest BCUT2D eigenvalue weighted by Crippen LogP contribution is -2.22. The number of thiophene rings is 1. The van der Waals surface area contributed by atoms with Gasteiger partial charge in [0.15, 0.2) is 0 Å². The Hall–Kier alpha value is -1.75. The topological polar surface area (TPSA) is 123 Å². The van der Waals surface area contributed by atoms with Gasteiger partial charge in [0.1, 0.15) is 8.42 Å². The zero-order chi connectivity index (χ0) is 18.1. The normalized spacial score (nSPS) is 12.1. The Morgan fingerprint density at radius 2 is 1.75 bits per heavy atom. The summed E-state index contributed by atoms with van der Waals surface area (Å²) in [6.07, 6.45) is 0. The van der Waals surface area contributed by atoms with Gasteiger partial charge in [-0.1, -0.05) is 0 Å². The number of rotatable bonds is 5. The van der Waals surface area contributed by atoms with Gasteiger partial charge in [-0.3, -0.25) is 4.79 Å². The molecule has 0 saturated heterocycles. The molecule has 2 aromatic rings. The maximum absolute atomic E-state index is 12.7. The third-order valence-corrected chi connectivity index (χ3v) is 8.10. The number of carbonyl (C=O) groups excluding carboxylic acids is 1. The first kappa shape index (κ1) is 18.6. The molecule has 0 saturated carbocycles.